The molecule has 9 heteroatoms. The first-order valence-electron chi connectivity index (χ1n) is 7.84. The Morgan fingerprint density at radius 3 is 2.56 bits per heavy atom. The second kappa shape index (κ2) is 5.62. The molecule has 0 bridgehead atoms. The molecule has 0 unspecified atom stereocenters. The van der Waals surface area contributed by atoms with Crippen molar-refractivity contribution in [3.8, 4) is 0 Å². The fraction of sp³-hybridized carbons (Fsp3) is 0.562. The molecule has 0 radical (unpaired) electrons. The zero-order valence-electron chi connectivity index (χ0n) is 14.0. The van der Waals surface area contributed by atoms with E-state index in [0.717, 1.165) is 4.90 Å². The Kier molecular flexibility index (Phi) is 4.05. The summed E-state index contributed by atoms with van der Waals surface area (Å²) < 4.78 is 29.0. The van der Waals surface area contributed by atoms with Crippen LogP contribution in [0.15, 0.2) is 16.7 Å². The largest absolute Gasteiger partial charge is 0.465 e. The summed E-state index contributed by atoms with van der Waals surface area (Å²) in [5.74, 6) is -4.96. The molecule has 1 aromatic rings. The lowest BCUT2D eigenvalue weighted by atomic mass is 9.82. The number of carboxylic acid groups (broad SMARTS) is 1. The van der Waals surface area contributed by atoms with E-state index < -0.39 is 35.1 Å². The van der Waals surface area contributed by atoms with Crippen molar-refractivity contribution < 1.29 is 23.5 Å². The number of halogens is 3. The first kappa shape index (κ1) is 18.0. The maximum atomic E-state index is 14.3. The quantitative estimate of drug-likeness (QED) is 0.797. The van der Waals surface area contributed by atoms with Crippen molar-refractivity contribution in [1.29, 1.82) is 0 Å². The Morgan fingerprint density at radius 1 is 1.44 bits per heavy atom. The summed E-state index contributed by atoms with van der Waals surface area (Å²) in [7, 11) is 0. The summed E-state index contributed by atoms with van der Waals surface area (Å²) in [6, 6.07) is 0.403. The summed E-state index contributed by atoms with van der Waals surface area (Å²) in [6.07, 6.45) is 0.928. The van der Waals surface area contributed by atoms with Gasteiger partial charge in [-0.05, 0) is 55.6 Å². The van der Waals surface area contributed by atoms with Crippen molar-refractivity contribution in [3.05, 3.63) is 22.3 Å². The molecule has 2 aliphatic rings. The van der Waals surface area contributed by atoms with Gasteiger partial charge in [0.1, 0.15) is 5.82 Å². The monoisotopic (exact) mass is 417 g/mol. The van der Waals surface area contributed by atoms with Crippen LogP contribution in [0.2, 0.25) is 0 Å². The molecule has 1 aromatic heterocycles. The number of carbonyl (C=O) groups is 2. The maximum absolute atomic E-state index is 14.3. The van der Waals surface area contributed by atoms with Crippen molar-refractivity contribution in [2.45, 2.75) is 57.2 Å². The average Bonchev–Trinajstić information content (AvgIpc) is 2.60. The van der Waals surface area contributed by atoms with Crippen LogP contribution in [-0.4, -0.2) is 44.6 Å². The SMILES string of the molecule is CC(C)(C)N(C(=O)O)[C@H]1C[C@H](N2C(=O)C(F)(F)c3cc(Br)cnc32)C1. The molecular formula is C16H18BrF2N3O3. The summed E-state index contributed by atoms with van der Waals surface area (Å²) in [5.41, 5.74) is -1.03. The zero-order valence-corrected chi connectivity index (χ0v) is 15.5. The number of alkyl halides is 2. The Bertz CT molecular complexity index is 745. The lowest BCUT2D eigenvalue weighted by Crippen LogP contribution is -2.61. The van der Waals surface area contributed by atoms with E-state index in [1.165, 1.54) is 17.2 Å². The van der Waals surface area contributed by atoms with Gasteiger partial charge in [-0.15, -0.1) is 0 Å². The number of fused-ring (bicyclic) bond motifs is 1. The van der Waals surface area contributed by atoms with Crippen LogP contribution in [-0.2, 0) is 10.7 Å². The molecule has 3 rings (SSSR count). The lowest BCUT2D eigenvalue weighted by Gasteiger charge is -2.49. The van der Waals surface area contributed by atoms with Gasteiger partial charge in [0.05, 0.1) is 5.56 Å². The normalized spacial score (nSPS) is 24.7. The maximum Gasteiger partial charge on any atom is 0.407 e. The number of pyridine rings is 1. The van der Waals surface area contributed by atoms with Gasteiger partial charge in [0.2, 0.25) is 0 Å². The molecule has 25 heavy (non-hydrogen) atoms. The molecule has 2 amide bonds. The van der Waals surface area contributed by atoms with Gasteiger partial charge in [-0.3, -0.25) is 9.69 Å². The van der Waals surface area contributed by atoms with E-state index in [9.17, 15) is 23.5 Å². The molecular weight excluding hydrogens is 400 g/mol. The predicted octanol–water partition coefficient (Wildman–Crippen LogP) is 3.59. The number of rotatable bonds is 2. The van der Waals surface area contributed by atoms with Gasteiger partial charge in [0.15, 0.2) is 0 Å². The molecule has 1 aliphatic carbocycles. The second-order valence-corrected chi connectivity index (χ2v) is 8.29. The molecule has 1 saturated carbocycles. The zero-order chi connectivity index (χ0) is 18.7. The van der Waals surface area contributed by atoms with Crippen molar-refractivity contribution in [2.24, 2.45) is 0 Å². The number of anilines is 1. The van der Waals surface area contributed by atoms with Crippen LogP contribution in [0, 0.1) is 0 Å². The van der Waals surface area contributed by atoms with Crippen LogP contribution < -0.4 is 4.90 Å². The topological polar surface area (TPSA) is 73.7 Å². The van der Waals surface area contributed by atoms with Crippen molar-refractivity contribution in [3.63, 3.8) is 0 Å². The number of hydrogen-bond acceptors (Lipinski definition) is 3. The summed E-state index contributed by atoms with van der Waals surface area (Å²) in [4.78, 5) is 30.1. The highest BCUT2D eigenvalue weighted by molar-refractivity contribution is 9.10. The van der Waals surface area contributed by atoms with E-state index in [2.05, 4.69) is 20.9 Å². The van der Waals surface area contributed by atoms with Crippen molar-refractivity contribution in [1.82, 2.24) is 9.88 Å². The minimum absolute atomic E-state index is 0.0423. The molecule has 0 atom stereocenters. The lowest BCUT2D eigenvalue weighted by molar-refractivity contribution is -0.142. The number of aromatic nitrogens is 1. The van der Waals surface area contributed by atoms with Gasteiger partial charge in [-0.2, -0.15) is 8.78 Å². The third-order valence-corrected chi connectivity index (χ3v) is 5.07. The number of nitrogens with zero attached hydrogens (tertiary/aromatic N) is 3. The smallest absolute Gasteiger partial charge is 0.407 e. The van der Waals surface area contributed by atoms with Gasteiger partial charge in [-0.25, -0.2) is 9.78 Å². The number of amides is 2. The minimum Gasteiger partial charge on any atom is -0.465 e. The van der Waals surface area contributed by atoms with Gasteiger partial charge in [0, 0.05) is 28.3 Å². The third-order valence-electron chi connectivity index (χ3n) is 4.63. The fourth-order valence-electron chi connectivity index (χ4n) is 3.53. The Morgan fingerprint density at radius 2 is 2.04 bits per heavy atom. The molecule has 1 aliphatic heterocycles. The van der Waals surface area contributed by atoms with Crippen LogP contribution in [0.4, 0.5) is 19.4 Å². The van der Waals surface area contributed by atoms with Crippen LogP contribution in [0.5, 0.6) is 0 Å². The van der Waals surface area contributed by atoms with Crippen LogP contribution in [0.3, 0.4) is 0 Å². The predicted molar refractivity (Wildman–Crippen MR) is 89.7 cm³/mol. The van der Waals surface area contributed by atoms with Gasteiger partial charge < -0.3 is 10.0 Å². The summed E-state index contributed by atoms with van der Waals surface area (Å²) in [6.45, 7) is 5.33. The Balaban J connectivity index is 1.84. The van der Waals surface area contributed by atoms with Gasteiger partial charge >= 0.3 is 17.9 Å². The molecule has 6 nitrogen and oxygen atoms in total. The highest BCUT2D eigenvalue weighted by Crippen LogP contribution is 2.48. The molecule has 1 fully saturated rings. The minimum atomic E-state index is -3.62. The van der Waals surface area contributed by atoms with Crippen molar-refractivity contribution >= 4 is 33.7 Å². The first-order valence-corrected chi connectivity index (χ1v) is 8.63. The third kappa shape index (κ3) is 2.78. The van der Waals surface area contributed by atoms with E-state index in [1.54, 1.807) is 20.8 Å². The molecule has 0 saturated heterocycles. The highest BCUT2D eigenvalue weighted by Gasteiger charge is 2.58. The summed E-state index contributed by atoms with van der Waals surface area (Å²) in [5, 5.41) is 9.43. The number of carbonyl (C=O) groups excluding carboxylic acids is 1. The van der Waals surface area contributed by atoms with E-state index in [0.29, 0.717) is 17.3 Å². The average molecular weight is 418 g/mol. The molecule has 2 heterocycles. The first-order chi connectivity index (χ1) is 11.4. The molecule has 0 spiro atoms. The highest BCUT2D eigenvalue weighted by atomic mass is 79.9. The van der Waals surface area contributed by atoms with E-state index in [4.69, 9.17) is 0 Å². The van der Waals surface area contributed by atoms with Crippen LogP contribution in [0.1, 0.15) is 39.2 Å². The van der Waals surface area contributed by atoms with Crippen LogP contribution >= 0.6 is 15.9 Å². The Hall–Kier alpha value is -1.77. The van der Waals surface area contributed by atoms with Gasteiger partial charge in [0.25, 0.3) is 0 Å². The van der Waals surface area contributed by atoms with Crippen molar-refractivity contribution in [2.75, 3.05) is 4.90 Å². The standard InChI is InChI=1S/C16H18BrF2N3O3/c1-15(2,3)22(14(24)25)10-5-9(6-10)21-12-11(4-8(17)7-20-12)16(18,19)13(21)23/h4,7,9-10H,5-6H2,1-3H3,(H,24,25)/t9-,10-. The second-order valence-electron chi connectivity index (χ2n) is 7.38. The summed E-state index contributed by atoms with van der Waals surface area (Å²) >= 11 is 3.09. The fourth-order valence-corrected chi connectivity index (χ4v) is 3.86. The van der Waals surface area contributed by atoms with Crippen LogP contribution in [0.25, 0.3) is 0 Å². The Labute approximate surface area is 151 Å². The number of hydrogen-bond donors (Lipinski definition) is 1. The van der Waals surface area contributed by atoms with E-state index >= 15 is 0 Å². The molecule has 0 aromatic carbocycles. The van der Waals surface area contributed by atoms with Gasteiger partial charge in [-0.1, -0.05) is 0 Å². The molecule has 136 valence electrons. The van der Waals surface area contributed by atoms with E-state index in [1.807, 2.05) is 0 Å². The van der Waals surface area contributed by atoms with E-state index in [-0.39, 0.29) is 11.9 Å². The molecule has 1 N–H and O–H groups in total.